The molecular formula is C11H20F3NO. The first kappa shape index (κ1) is 13.8. The van der Waals surface area contributed by atoms with Crippen molar-refractivity contribution in [3.8, 4) is 0 Å². The SMILES string of the molecule is CC1CCCC(C(N)COCC(F)(F)F)C1. The Balaban J connectivity index is 2.21. The zero-order valence-electron chi connectivity index (χ0n) is 9.59. The van der Waals surface area contributed by atoms with Gasteiger partial charge in [0.05, 0.1) is 6.61 Å². The summed E-state index contributed by atoms with van der Waals surface area (Å²) in [5.41, 5.74) is 5.85. The van der Waals surface area contributed by atoms with Gasteiger partial charge in [-0.05, 0) is 24.7 Å². The quantitative estimate of drug-likeness (QED) is 0.818. The van der Waals surface area contributed by atoms with Crippen LogP contribution in [0.25, 0.3) is 0 Å². The topological polar surface area (TPSA) is 35.2 Å². The Labute approximate surface area is 94.3 Å². The van der Waals surface area contributed by atoms with Crippen LogP contribution in [0.2, 0.25) is 0 Å². The van der Waals surface area contributed by atoms with Crippen molar-refractivity contribution in [1.29, 1.82) is 0 Å². The molecule has 1 aliphatic rings. The van der Waals surface area contributed by atoms with Crippen molar-refractivity contribution in [1.82, 2.24) is 0 Å². The summed E-state index contributed by atoms with van der Waals surface area (Å²) in [6.07, 6.45) is 0.0996. The van der Waals surface area contributed by atoms with Crippen LogP contribution in [0.3, 0.4) is 0 Å². The number of hydrogen-bond acceptors (Lipinski definition) is 2. The normalized spacial score (nSPS) is 29.1. The summed E-state index contributed by atoms with van der Waals surface area (Å²) < 4.78 is 40.1. The van der Waals surface area contributed by atoms with E-state index in [0.29, 0.717) is 11.8 Å². The standard InChI is InChI=1S/C11H20F3NO/c1-8-3-2-4-9(5-8)10(15)6-16-7-11(12,13)14/h8-10H,2-7,15H2,1H3. The van der Waals surface area contributed by atoms with Gasteiger partial charge in [0, 0.05) is 6.04 Å². The minimum Gasteiger partial charge on any atom is -0.370 e. The first-order valence-corrected chi connectivity index (χ1v) is 5.78. The molecule has 0 aromatic heterocycles. The van der Waals surface area contributed by atoms with Crippen LogP contribution < -0.4 is 5.73 Å². The molecule has 0 aliphatic heterocycles. The number of rotatable bonds is 4. The highest BCUT2D eigenvalue weighted by molar-refractivity contribution is 4.79. The molecule has 1 rings (SSSR count). The molecule has 1 saturated carbocycles. The Morgan fingerprint density at radius 1 is 1.38 bits per heavy atom. The fraction of sp³-hybridized carbons (Fsp3) is 1.00. The fourth-order valence-electron chi connectivity index (χ4n) is 2.32. The summed E-state index contributed by atoms with van der Waals surface area (Å²) in [5.74, 6) is 0.949. The first-order chi connectivity index (χ1) is 7.38. The Bertz CT molecular complexity index is 208. The summed E-state index contributed by atoms with van der Waals surface area (Å²) >= 11 is 0. The third-order valence-electron chi connectivity index (χ3n) is 3.16. The first-order valence-electron chi connectivity index (χ1n) is 5.78. The third kappa shape index (κ3) is 5.16. The molecule has 16 heavy (non-hydrogen) atoms. The van der Waals surface area contributed by atoms with Gasteiger partial charge < -0.3 is 10.5 Å². The van der Waals surface area contributed by atoms with Crippen molar-refractivity contribution in [2.45, 2.75) is 44.8 Å². The van der Waals surface area contributed by atoms with E-state index < -0.39 is 12.8 Å². The van der Waals surface area contributed by atoms with Crippen molar-refractivity contribution in [3.05, 3.63) is 0 Å². The maximum absolute atomic E-state index is 11.8. The Morgan fingerprint density at radius 3 is 2.62 bits per heavy atom. The van der Waals surface area contributed by atoms with Gasteiger partial charge in [-0.15, -0.1) is 0 Å². The molecule has 1 fully saturated rings. The predicted octanol–water partition coefficient (Wildman–Crippen LogP) is 2.72. The predicted molar refractivity (Wildman–Crippen MR) is 56.0 cm³/mol. The van der Waals surface area contributed by atoms with Gasteiger partial charge >= 0.3 is 6.18 Å². The van der Waals surface area contributed by atoms with Gasteiger partial charge in [-0.2, -0.15) is 13.2 Å². The molecule has 3 unspecified atom stereocenters. The lowest BCUT2D eigenvalue weighted by Gasteiger charge is -2.31. The molecule has 1 aliphatic carbocycles. The van der Waals surface area contributed by atoms with Crippen LogP contribution in [0, 0.1) is 11.8 Å². The second-order valence-electron chi connectivity index (χ2n) is 4.83. The smallest absolute Gasteiger partial charge is 0.370 e. The third-order valence-corrected chi connectivity index (χ3v) is 3.16. The summed E-state index contributed by atoms with van der Waals surface area (Å²) in [6.45, 7) is 0.981. The molecule has 0 heterocycles. The summed E-state index contributed by atoms with van der Waals surface area (Å²) in [7, 11) is 0. The second-order valence-corrected chi connectivity index (χ2v) is 4.83. The van der Waals surface area contributed by atoms with E-state index in [0.717, 1.165) is 19.3 Å². The molecule has 0 radical (unpaired) electrons. The minimum absolute atomic E-state index is 0.0108. The molecule has 5 heteroatoms. The van der Waals surface area contributed by atoms with Crippen molar-refractivity contribution in [2.24, 2.45) is 17.6 Å². The van der Waals surface area contributed by atoms with Gasteiger partial charge in [0.15, 0.2) is 0 Å². The van der Waals surface area contributed by atoms with E-state index in [1.807, 2.05) is 0 Å². The number of hydrogen-bond donors (Lipinski definition) is 1. The maximum atomic E-state index is 11.8. The van der Waals surface area contributed by atoms with E-state index in [1.54, 1.807) is 0 Å². The average molecular weight is 239 g/mol. The zero-order chi connectivity index (χ0) is 12.2. The van der Waals surface area contributed by atoms with E-state index >= 15 is 0 Å². The van der Waals surface area contributed by atoms with Crippen LogP contribution in [0.15, 0.2) is 0 Å². The molecule has 3 atom stereocenters. The average Bonchev–Trinajstić information content (AvgIpc) is 2.15. The molecule has 0 saturated heterocycles. The highest BCUT2D eigenvalue weighted by Crippen LogP contribution is 2.30. The van der Waals surface area contributed by atoms with Crippen LogP contribution in [0.5, 0.6) is 0 Å². The monoisotopic (exact) mass is 239 g/mol. The number of ether oxygens (including phenoxy) is 1. The molecule has 0 bridgehead atoms. The van der Waals surface area contributed by atoms with E-state index in [-0.39, 0.29) is 12.6 Å². The molecule has 2 N–H and O–H groups in total. The van der Waals surface area contributed by atoms with Crippen molar-refractivity contribution < 1.29 is 17.9 Å². The lowest BCUT2D eigenvalue weighted by Crippen LogP contribution is -2.38. The number of alkyl halides is 3. The fourth-order valence-corrected chi connectivity index (χ4v) is 2.32. The lowest BCUT2D eigenvalue weighted by atomic mass is 9.79. The van der Waals surface area contributed by atoms with Crippen LogP contribution in [-0.4, -0.2) is 25.4 Å². The molecule has 2 nitrogen and oxygen atoms in total. The molecule has 0 aromatic rings. The van der Waals surface area contributed by atoms with Crippen molar-refractivity contribution in [3.63, 3.8) is 0 Å². The van der Waals surface area contributed by atoms with Gasteiger partial charge in [-0.3, -0.25) is 0 Å². The highest BCUT2D eigenvalue weighted by atomic mass is 19.4. The van der Waals surface area contributed by atoms with Gasteiger partial charge in [0.1, 0.15) is 6.61 Å². The molecular weight excluding hydrogens is 219 g/mol. The minimum atomic E-state index is -4.25. The van der Waals surface area contributed by atoms with Crippen molar-refractivity contribution >= 4 is 0 Å². The van der Waals surface area contributed by atoms with E-state index in [9.17, 15) is 13.2 Å². The summed E-state index contributed by atoms with van der Waals surface area (Å²) in [5, 5.41) is 0. The number of halogens is 3. The zero-order valence-corrected chi connectivity index (χ0v) is 9.59. The molecule has 0 spiro atoms. The van der Waals surface area contributed by atoms with Gasteiger partial charge in [-0.1, -0.05) is 19.8 Å². The van der Waals surface area contributed by atoms with Crippen molar-refractivity contribution in [2.75, 3.05) is 13.2 Å². The molecule has 0 amide bonds. The van der Waals surface area contributed by atoms with Crippen LogP contribution in [-0.2, 0) is 4.74 Å². The summed E-state index contributed by atoms with van der Waals surface area (Å²) in [4.78, 5) is 0. The van der Waals surface area contributed by atoms with Crippen LogP contribution >= 0.6 is 0 Å². The Kier molecular flexibility index (Phi) is 5.05. The van der Waals surface area contributed by atoms with E-state index in [4.69, 9.17) is 5.73 Å². The summed E-state index contributed by atoms with van der Waals surface area (Å²) in [6, 6.07) is -0.259. The second kappa shape index (κ2) is 5.87. The van der Waals surface area contributed by atoms with Crippen LogP contribution in [0.4, 0.5) is 13.2 Å². The largest absolute Gasteiger partial charge is 0.411 e. The molecule has 96 valence electrons. The Morgan fingerprint density at radius 2 is 2.06 bits per heavy atom. The van der Waals surface area contributed by atoms with E-state index in [1.165, 1.54) is 6.42 Å². The molecule has 0 aromatic carbocycles. The van der Waals surface area contributed by atoms with Gasteiger partial charge in [0.2, 0.25) is 0 Å². The Hall–Kier alpha value is -0.290. The highest BCUT2D eigenvalue weighted by Gasteiger charge is 2.29. The van der Waals surface area contributed by atoms with Gasteiger partial charge in [-0.25, -0.2) is 0 Å². The number of nitrogens with two attached hydrogens (primary N) is 1. The van der Waals surface area contributed by atoms with E-state index in [2.05, 4.69) is 11.7 Å². The maximum Gasteiger partial charge on any atom is 0.411 e. The van der Waals surface area contributed by atoms with Gasteiger partial charge in [0.25, 0.3) is 0 Å². The van der Waals surface area contributed by atoms with Crippen LogP contribution in [0.1, 0.15) is 32.6 Å². The lowest BCUT2D eigenvalue weighted by molar-refractivity contribution is -0.175.